The van der Waals surface area contributed by atoms with Gasteiger partial charge in [0.25, 0.3) is 0 Å². The number of benzene rings is 4. The highest BCUT2D eigenvalue weighted by atomic mass is 16.7. The molecule has 4 aromatic rings. The van der Waals surface area contributed by atoms with E-state index in [1.807, 2.05) is 30.3 Å². The molecule has 35 heavy (non-hydrogen) atoms. The fraction of sp³-hybridized carbons (Fsp3) is 0.276. The van der Waals surface area contributed by atoms with E-state index >= 15 is 0 Å². The van der Waals surface area contributed by atoms with Crippen molar-refractivity contribution in [3.8, 4) is 17.2 Å². The predicted octanol–water partition coefficient (Wildman–Crippen LogP) is 5.44. The normalized spacial score (nSPS) is 17.2. The van der Waals surface area contributed by atoms with Crippen molar-refractivity contribution >= 4 is 27.5 Å². The molecule has 2 aliphatic heterocycles. The van der Waals surface area contributed by atoms with Crippen LogP contribution in [0.1, 0.15) is 24.0 Å². The van der Waals surface area contributed by atoms with E-state index < -0.39 is 0 Å². The number of carbonyl (C=O) groups is 1. The van der Waals surface area contributed by atoms with Crippen LogP contribution in [0.25, 0.3) is 21.5 Å². The molecule has 1 atom stereocenters. The summed E-state index contributed by atoms with van der Waals surface area (Å²) in [5.41, 5.74) is 2.29. The van der Waals surface area contributed by atoms with E-state index in [4.69, 9.17) is 18.9 Å². The molecule has 1 saturated heterocycles. The minimum atomic E-state index is -0.198. The molecule has 0 amide bonds. The lowest BCUT2D eigenvalue weighted by Gasteiger charge is -2.23. The smallest absolute Gasteiger partial charge is 0.323 e. The van der Waals surface area contributed by atoms with Gasteiger partial charge in [-0.3, -0.25) is 9.69 Å². The van der Waals surface area contributed by atoms with Crippen molar-refractivity contribution < 1.29 is 23.7 Å². The molecule has 6 rings (SSSR count). The van der Waals surface area contributed by atoms with Crippen LogP contribution in [0.4, 0.5) is 0 Å². The van der Waals surface area contributed by atoms with Crippen LogP contribution in [0, 0.1) is 0 Å². The molecule has 0 aromatic heterocycles. The Balaban J connectivity index is 1.42. The number of likely N-dealkylation sites (tertiary alicyclic amines) is 1. The first kappa shape index (κ1) is 21.7. The number of carbonyl (C=O) groups excluding carboxylic acids is 1. The SMILES string of the molecule is COC(=O)[C@@H]1CCCN1Cc1cc2cc3c(cc2c2cc(OCc4ccccc4)ccc12)OCO3. The summed E-state index contributed by atoms with van der Waals surface area (Å²) in [6.07, 6.45) is 1.82. The number of rotatable bonds is 6. The number of fused-ring (bicyclic) bond motifs is 4. The van der Waals surface area contributed by atoms with Crippen LogP contribution in [0.3, 0.4) is 0 Å². The van der Waals surface area contributed by atoms with E-state index in [0.29, 0.717) is 13.2 Å². The molecule has 6 nitrogen and oxygen atoms in total. The summed E-state index contributed by atoms with van der Waals surface area (Å²) < 4.78 is 22.5. The molecule has 0 aliphatic carbocycles. The first-order chi connectivity index (χ1) is 17.2. The average molecular weight is 470 g/mol. The Morgan fingerprint density at radius 3 is 2.63 bits per heavy atom. The maximum absolute atomic E-state index is 12.3. The monoisotopic (exact) mass is 469 g/mol. The molecule has 2 heterocycles. The van der Waals surface area contributed by atoms with Crippen LogP contribution in [-0.2, 0) is 22.7 Å². The first-order valence-corrected chi connectivity index (χ1v) is 12.0. The van der Waals surface area contributed by atoms with Gasteiger partial charge in [-0.15, -0.1) is 0 Å². The lowest BCUT2D eigenvalue weighted by molar-refractivity contribution is -0.146. The molecule has 2 aliphatic rings. The van der Waals surface area contributed by atoms with Gasteiger partial charge in [-0.1, -0.05) is 36.4 Å². The molecule has 0 spiro atoms. The zero-order chi connectivity index (χ0) is 23.8. The van der Waals surface area contributed by atoms with Crippen molar-refractivity contribution in [1.82, 2.24) is 4.90 Å². The van der Waals surface area contributed by atoms with Crippen LogP contribution in [0.5, 0.6) is 17.2 Å². The molecular weight excluding hydrogens is 442 g/mol. The number of ether oxygens (including phenoxy) is 4. The summed E-state index contributed by atoms with van der Waals surface area (Å²) >= 11 is 0. The van der Waals surface area contributed by atoms with Crippen molar-refractivity contribution in [3.05, 3.63) is 77.9 Å². The van der Waals surface area contributed by atoms with Crippen molar-refractivity contribution in [2.24, 2.45) is 0 Å². The van der Waals surface area contributed by atoms with Gasteiger partial charge in [0.05, 0.1) is 7.11 Å². The third-order valence-electron chi connectivity index (χ3n) is 6.96. The largest absolute Gasteiger partial charge is 0.489 e. The highest BCUT2D eigenvalue weighted by Crippen LogP contribution is 2.41. The first-order valence-electron chi connectivity index (χ1n) is 12.0. The molecule has 0 N–H and O–H groups in total. The van der Waals surface area contributed by atoms with Gasteiger partial charge < -0.3 is 18.9 Å². The van der Waals surface area contributed by atoms with Crippen molar-refractivity contribution in [2.75, 3.05) is 20.4 Å². The zero-order valence-electron chi connectivity index (χ0n) is 19.7. The van der Waals surface area contributed by atoms with Gasteiger partial charge in [-0.05, 0) is 82.4 Å². The summed E-state index contributed by atoms with van der Waals surface area (Å²) in [6.45, 7) is 2.28. The molecular formula is C29H27NO5. The molecule has 4 aromatic carbocycles. The second-order valence-electron chi connectivity index (χ2n) is 9.10. The molecule has 1 fully saturated rings. The Morgan fingerprint density at radius 1 is 0.971 bits per heavy atom. The van der Waals surface area contributed by atoms with E-state index in [9.17, 15) is 4.79 Å². The Bertz CT molecular complexity index is 1400. The van der Waals surface area contributed by atoms with E-state index in [-0.39, 0.29) is 18.8 Å². The van der Waals surface area contributed by atoms with Gasteiger partial charge in [0.2, 0.25) is 6.79 Å². The summed E-state index contributed by atoms with van der Waals surface area (Å²) in [5.74, 6) is 2.17. The van der Waals surface area contributed by atoms with Gasteiger partial charge >= 0.3 is 5.97 Å². The number of hydrogen-bond acceptors (Lipinski definition) is 6. The molecule has 0 unspecified atom stereocenters. The lowest BCUT2D eigenvalue weighted by atomic mass is 9.96. The van der Waals surface area contributed by atoms with Crippen LogP contribution < -0.4 is 14.2 Å². The Kier molecular flexibility index (Phi) is 5.66. The van der Waals surface area contributed by atoms with Gasteiger partial charge in [0.15, 0.2) is 11.5 Å². The minimum Gasteiger partial charge on any atom is -0.489 e. The third kappa shape index (κ3) is 4.15. The van der Waals surface area contributed by atoms with Gasteiger partial charge in [-0.2, -0.15) is 0 Å². The van der Waals surface area contributed by atoms with Gasteiger partial charge in [0.1, 0.15) is 18.4 Å². The lowest BCUT2D eigenvalue weighted by Crippen LogP contribution is -2.36. The molecule has 6 heteroatoms. The number of nitrogens with zero attached hydrogens (tertiary/aromatic N) is 1. The molecule has 178 valence electrons. The maximum atomic E-state index is 12.3. The summed E-state index contributed by atoms with van der Waals surface area (Å²) in [6, 6.07) is 22.5. The summed E-state index contributed by atoms with van der Waals surface area (Å²) in [7, 11) is 1.46. The molecule has 0 saturated carbocycles. The van der Waals surface area contributed by atoms with Crippen LogP contribution >= 0.6 is 0 Å². The quantitative estimate of drug-likeness (QED) is 0.277. The maximum Gasteiger partial charge on any atom is 0.323 e. The van der Waals surface area contributed by atoms with Crippen molar-refractivity contribution in [2.45, 2.75) is 32.0 Å². The van der Waals surface area contributed by atoms with Gasteiger partial charge in [-0.25, -0.2) is 0 Å². The average Bonchev–Trinajstić information content (AvgIpc) is 3.55. The fourth-order valence-electron chi connectivity index (χ4n) is 5.20. The standard InChI is InChI=1S/C29H27NO5/c1-32-29(31)26-8-5-11-30(26)16-21-12-20-13-27-28(35-18-34-27)15-24(20)25-14-22(9-10-23(21)25)33-17-19-6-3-2-4-7-19/h2-4,6-7,9-10,12-15,26H,5,8,11,16-18H2,1H3/t26-/m0/s1. The summed E-state index contributed by atoms with van der Waals surface area (Å²) in [5, 5.41) is 4.39. The number of hydrogen-bond donors (Lipinski definition) is 0. The van der Waals surface area contributed by atoms with Crippen molar-refractivity contribution in [3.63, 3.8) is 0 Å². The predicted molar refractivity (Wildman–Crippen MR) is 134 cm³/mol. The highest BCUT2D eigenvalue weighted by molar-refractivity contribution is 6.10. The molecule has 0 radical (unpaired) electrons. The van der Waals surface area contributed by atoms with Crippen LogP contribution in [-0.4, -0.2) is 37.4 Å². The topological polar surface area (TPSA) is 57.2 Å². The number of methoxy groups -OCH3 is 1. The highest BCUT2D eigenvalue weighted by Gasteiger charge is 2.31. The van der Waals surface area contributed by atoms with Crippen LogP contribution in [0.15, 0.2) is 66.7 Å². The number of esters is 1. The zero-order valence-corrected chi connectivity index (χ0v) is 19.7. The summed E-state index contributed by atoms with van der Waals surface area (Å²) in [4.78, 5) is 14.6. The minimum absolute atomic E-state index is 0.160. The van der Waals surface area contributed by atoms with Crippen molar-refractivity contribution in [1.29, 1.82) is 0 Å². The van der Waals surface area contributed by atoms with E-state index in [0.717, 1.165) is 69.3 Å². The van der Waals surface area contributed by atoms with Gasteiger partial charge in [0, 0.05) is 6.54 Å². The fourth-order valence-corrected chi connectivity index (χ4v) is 5.20. The molecule has 0 bridgehead atoms. The second-order valence-corrected chi connectivity index (χ2v) is 9.10. The van der Waals surface area contributed by atoms with E-state index in [1.165, 1.54) is 7.11 Å². The van der Waals surface area contributed by atoms with Crippen LogP contribution in [0.2, 0.25) is 0 Å². The van der Waals surface area contributed by atoms with E-state index in [1.54, 1.807) is 0 Å². The Labute approximate surface area is 204 Å². The Morgan fingerprint density at radius 2 is 1.80 bits per heavy atom. The third-order valence-corrected chi connectivity index (χ3v) is 6.96. The van der Waals surface area contributed by atoms with E-state index in [2.05, 4.69) is 41.3 Å². The second kappa shape index (κ2) is 9.12. The Hall–Kier alpha value is -3.77.